The number of rotatable bonds is 6. The smallest absolute Gasteiger partial charge is 0.283 e. The van der Waals surface area contributed by atoms with Gasteiger partial charge in [-0.3, -0.25) is 10.1 Å². The number of halogens is 3. The van der Waals surface area contributed by atoms with Crippen molar-refractivity contribution >= 4 is 21.6 Å². The third kappa shape index (κ3) is 4.28. The molecular formula is C10H11BrF2N2O3. The summed E-state index contributed by atoms with van der Waals surface area (Å²) in [4.78, 5) is 10.1. The van der Waals surface area contributed by atoms with E-state index in [0.29, 0.717) is 10.0 Å². The van der Waals surface area contributed by atoms with Gasteiger partial charge in [-0.1, -0.05) is 6.07 Å². The van der Waals surface area contributed by atoms with Gasteiger partial charge in [0.1, 0.15) is 6.10 Å². The summed E-state index contributed by atoms with van der Waals surface area (Å²) in [5, 5.41) is 22.1. The predicted octanol–water partition coefficient (Wildman–Crippen LogP) is 2.07. The monoisotopic (exact) mass is 324 g/mol. The predicted molar refractivity (Wildman–Crippen MR) is 64.5 cm³/mol. The standard InChI is InChI=1S/C10H11BrF2N2O3/c11-7-2-1-6(3-8(7)15(17)18)4-14-5-9(16)10(12)13/h1-3,9-10,14,16H,4-5H2. The lowest BCUT2D eigenvalue weighted by Crippen LogP contribution is -2.31. The van der Waals surface area contributed by atoms with E-state index in [9.17, 15) is 18.9 Å². The Bertz CT molecular complexity index is 432. The Kier molecular flexibility index (Phi) is 5.57. The molecule has 0 aliphatic rings. The van der Waals surface area contributed by atoms with Gasteiger partial charge >= 0.3 is 0 Å². The number of hydrogen-bond acceptors (Lipinski definition) is 4. The maximum absolute atomic E-state index is 12.0. The third-order valence-electron chi connectivity index (χ3n) is 2.18. The van der Waals surface area contributed by atoms with E-state index >= 15 is 0 Å². The average molecular weight is 325 g/mol. The fourth-order valence-corrected chi connectivity index (χ4v) is 1.65. The van der Waals surface area contributed by atoms with Crippen molar-refractivity contribution in [3.63, 3.8) is 0 Å². The molecule has 1 aromatic carbocycles. The maximum atomic E-state index is 12.0. The highest BCUT2D eigenvalue weighted by Gasteiger charge is 2.16. The van der Waals surface area contributed by atoms with Crippen LogP contribution in [0.2, 0.25) is 0 Å². The highest BCUT2D eigenvalue weighted by atomic mass is 79.9. The molecule has 0 aliphatic heterocycles. The third-order valence-corrected chi connectivity index (χ3v) is 2.85. The van der Waals surface area contributed by atoms with Crippen LogP contribution in [0.25, 0.3) is 0 Å². The van der Waals surface area contributed by atoms with Gasteiger partial charge in [-0.2, -0.15) is 0 Å². The molecule has 0 heterocycles. The molecule has 0 saturated carbocycles. The van der Waals surface area contributed by atoms with Gasteiger partial charge in [0.15, 0.2) is 0 Å². The molecule has 1 rings (SSSR count). The van der Waals surface area contributed by atoms with Crippen LogP contribution in [0.5, 0.6) is 0 Å². The number of aliphatic hydroxyl groups is 1. The molecule has 0 saturated heterocycles. The molecule has 0 amide bonds. The molecule has 100 valence electrons. The topological polar surface area (TPSA) is 75.4 Å². The summed E-state index contributed by atoms with van der Waals surface area (Å²) >= 11 is 3.04. The SMILES string of the molecule is O=[N+]([O-])c1cc(CNCC(O)C(F)F)ccc1Br. The van der Waals surface area contributed by atoms with E-state index in [1.807, 2.05) is 0 Å². The van der Waals surface area contributed by atoms with Gasteiger partial charge in [0.25, 0.3) is 12.1 Å². The van der Waals surface area contributed by atoms with Gasteiger partial charge in [-0.05, 0) is 27.6 Å². The number of nitro benzene ring substituents is 1. The minimum atomic E-state index is -2.81. The van der Waals surface area contributed by atoms with E-state index in [0.717, 1.165) is 0 Å². The number of nitrogens with zero attached hydrogens (tertiary/aromatic N) is 1. The summed E-state index contributed by atoms with van der Waals surface area (Å²) in [6, 6.07) is 4.48. The zero-order valence-electron chi connectivity index (χ0n) is 9.15. The normalized spacial score (nSPS) is 12.7. The van der Waals surface area contributed by atoms with Crippen LogP contribution in [0.4, 0.5) is 14.5 Å². The lowest BCUT2D eigenvalue weighted by molar-refractivity contribution is -0.385. The van der Waals surface area contributed by atoms with E-state index in [-0.39, 0.29) is 18.8 Å². The number of alkyl halides is 2. The lowest BCUT2D eigenvalue weighted by atomic mass is 10.2. The van der Waals surface area contributed by atoms with Crippen LogP contribution in [-0.4, -0.2) is 29.1 Å². The summed E-state index contributed by atoms with van der Waals surface area (Å²) in [6.07, 6.45) is -4.55. The lowest BCUT2D eigenvalue weighted by Gasteiger charge is -2.10. The Hall–Kier alpha value is -1.12. The second-order valence-electron chi connectivity index (χ2n) is 3.58. The van der Waals surface area contributed by atoms with E-state index in [2.05, 4.69) is 21.2 Å². The number of hydrogen-bond donors (Lipinski definition) is 2. The number of benzene rings is 1. The average Bonchev–Trinajstić information content (AvgIpc) is 2.30. The second-order valence-corrected chi connectivity index (χ2v) is 4.43. The maximum Gasteiger partial charge on any atom is 0.283 e. The zero-order chi connectivity index (χ0) is 13.7. The van der Waals surface area contributed by atoms with Crippen LogP contribution in [0.3, 0.4) is 0 Å². The molecule has 1 unspecified atom stereocenters. The summed E-state index contributed by atoms with van der Waals surface area (Å²) in [5.74, 6) is 0. The molecule has 0 radical (unpaired) electrons. The molecule has 0 bridgehead atoms. The molecule has 2 N–H and O–H groups in total. The molecule has 0 aromatic heterocycles. The molecule has 0 aliphatic carbocycles. The molecule has 1 aromatic rings. The molecule has 5 nitrogen and oxygen atoms in total. The highest BCUT2D eigenvalue weighted by Crippen LogP contribution is 2.25. The highest BCUT2D eigenvalue weighted by molar-refractivity contribution is 9.10. The van der Waals surface area contributed by atoms with Crippen LogP contribution < -0.4 is 5.32 Å². The van der Waals surface area contributed by atoms with Crippen molar-refractivity contribution in [1.82, 2.24) is 5.32 Å². The largest absolute Gasteiger partial charge is 0.386 e. The van der Waals surface area contributed by atoms with Crippen LogP contribution in [0, 0.1) is 10.1 Å². The van der Waals surface area contributed by atoms with Crippen LogP contribution in [0.1, 0.15) is 5.56 Å². The van der Waals surface area contributed by atoms with Crippen molar-refractivity contribution in [3.8, 4) is 0 Å². The first-order chi connectivity index (χ1) is 8.41. The molecule has 8 heteroatoms. The van der Waals surface area contributed by atoms with Gasteiger partial charge in [0.05, 0.1) is 9.40 Å². The molecular weight excluding hydrogens is 314 g/mol. The van der Waals surface area contributed by atoms with Gasteiger partial charge in [-0.25, -0.2) is 8.78 Å². The van der Waals surface area contributed by atoms with Crippen LogP contribution in [0.15, 0.2) is 22.7 Å². The fourth-order valence-electron chi connectivity index (χ4n) is 1.26. The van der Waals surface area contributed by atoms with E-state index in [4.69, 9.17) is 5.11 Å². The summed E-state index contributed by atoms with van der Waals surface area (Å²) < 4.78 is 24.3. The van der Waals surface area contributed by atoms with E-state index < -0.39 is 17.5 Å². The zero-order valence-corrected chi connectivity index (χ0v) is 10.7. The van der Waals surface area contributed by atoms with Crippen molar-refractivity contribution in [2.45, 2.75) is 19.1 Å². The van der Waals surface area contributed by atoms with Gasteiger partial charge < -0.3 is 10.4 Å². The Morgan fingerprint density at radius 3 is 2.72 bits per heavy atom. The number of nitrogens with one attached hydrogen (secondary N) is 1. The van der Waals surface area contributed by atoms with E-state index in [1.165, 1.54) is 12.1 Å². The molecule has 0 fully saturated rings. The Morgan fingerprint density at radius 1 is 1.50 bits per heavy atom. The van der Waals surface area contributed by atoms with Gasteiger partial charge in [-0.15, -0.1) is 0 Å². The first-order valence-corrected chi connectivity index (χ1v) is 5.81. The number of nitro groups is 1. The summed E-state index contributed by atoms with van der Waals surface area (Å²) in [5.41, 5.74) is 0.482. The van der Waals surface area contributed by atoms with Crippen LogP contribution >= 0.6 is 15.9 Å². The minimum absolute atomic E-state index is 0.0938. The van der Waals surface area contributed by atoms with Crippen molar-refractivity contribution in [2.75, 3.05) is 6.54 Å². The first-order valence-electron chi connectivity index (χ1n) is 5.01. The van der Waals surface area contributed by atoms with Gasteiger partial charge in [0, 0.05) is 19.2 Å². The van der Waals surface area contributed by atoms with Crippen LogP contribution in [-0.2, 0) is 6.54 Å². The Labute approximate surface area is 110 Å². The van der Waals surface area contributed by atoms with E-state index in [1.54, 1.807) is 6.07 Å². The minimum Gasteiger partial charge on any atom is -0.386 e. The Morgan fingerprint density at radius 2 is 2.17 bits per heavy atom. The number of aliphatic hydroxyl groups excluding tert-OH is 1. The van der Waals surface area contributed by atoms with Gasteiger partial charge in [0.2, 0.25) is 0 Å². The summed E-state index contributed by atoms with van der Waals surface area (Å²) in [7, 11) is 0. The quantitative estimate of drug-likeness (QED) is 0.620. The fraction of sp³-hybridized carbons (Fsp3) is 0.400. The van der Waals surface area contributed by atoms with Crippen molar-refractivity contribution in [1.29, 1.82) is 0 Å². The van der Waals surface area contributed by atoms with Crippen molar-refractivity contribution in [3.05, 3.63) is 38.3 Å². The molecule has 0 spiro atoms. The molecule has 1 atom stereocenters. The Balaban J connectivity index is 2.58. The summed E-state index contributed by atoms with van der Waals surface area (Å²) in [6.45, 7) is -0.112. The first kappa shape index (κ1) is 14.9. The molecule has 18 heavy (non-hydrogen) atoms. The second kappa shape index (κ2) is 6.72. The van der Waals surface area contributed by atoms with Crippen molar-refractivity contribution in [2.24, 2.45) is 0 Å². The van der Waals surface area contributed by atoms with Crippen molar-refractivity contribution < 1.29 is 18.8 Å².